The van der Waals surface area contributed by atoms with Crippen LogP contribution in [-0.4, -0.2) is 0 Å². The van der Waals surface area contributed by atoms with Gasteiger partial charge in [-0.3, -0.25) is 0 Å². The van der Waals surface area contributed by atoms with E-state index in [1.165, 1.54) is 12.3 Å². The van der Waals surface area contributed by atoms with Crippen molar-refractivity contribution in [3.05, 3.63) is 29.8 Å². The first-order valence-corrected chi connectivity index (χ1v) is 3.75. The normalized spacial score (nSPS) is 7.92. The van der Waals surface area contributed by atoms with Crippen LogP contribution >= 0.6 is 0 Å². The summed E-state index contributed by atoms with van der Waals surface area (Å²) in [5.41, 5.74) is 0. The summed E-state index contributed by atoms with van der Waals surface area (Å²) in [6.07, 6.45) is 1.19. The fourth-order valence-electron chi connectivity index (χ4n) is 0.626. The zero-order chi connectivity index (χ0) is 10.3. The summed E-state index contributed by atoms with van der Waals surface area (Å²) in [6, 6.07) is 3.21. The van der Waals surface area contributed by atoms with Crippen molar-refractivity contribution < 1.29 is 13.5 Å². The maximum absolute atomic E-state index is 12.5. The van der Waals surface area contributed by atoms with E-state index in [2.05, 4.69) is 4.74 Å². The summed E-state index contributed by atoms with van der Waals surface area (Å²) in [6.45, 7) is 4.00. The van der Waals surface area contributed by atoms with Gasteiger partial charge in [0.25, 0.3) is 6.26 Å². The highest BCUT2D eigenvalue weighted by Crippen LogP contribution is 2.19. The minimum Gasteiger partial charge on any atom is -0.382 e. The second-order valence-electron chi connectivity index (χ2n) is 1.74. The van der Waals surface area contributed by atoms with E-state index >= 15 is 0 Å². The second kappa shape index (κ2) is 5.95. The number of para-hydroxylation sites is 1. The minimum absolute atomic E-state index is 0.657. The Bertz CT molecular complexity index is 287. The Morgan fingerprint density at radius 3 is 2.08 bits per heavy atom. The van der Waals surface area contributed by atoms with Crippen LogP contribution in [0.5, 0.6) is 5.75 Å². The van der Waals surface area contributed by atoms with Gasteiger partial charge >= 0.3 is 0 Å². The van der Waals surface area contributed by atoms with Gasteiger partial charge in [-0.05, 0) is 12.1 Å². The van der Waals surface area contributed by atoms with Gasteiger partial charge in [0.05, 0.1) is 0 Å². The molecular weight excluding hydrogens is 176 g/mol. The Labute approximate surface area is 75.4 Å². The summed E-state index contributed by atoms with van der Waals surface area (Å²) in [4.78, 5) is 0. The summed E-state index contributed by atoms with van der Waals surface area (Å²) in [5.74, 6) is -2.42. The smallest absolute Gasteiger partial charge is 0.292 e. The molecule has 0 saturated heterocycles. The van der Waals surface area contributed by atoms with Crippen LogP contribution in [0.3, 0.4) is 0 Å². The Morgan fingerprint density at radius 2 is 1.69 bits per heavy atom. The molecule has 0 radical (unpaired) electrons. The topological polar surface area (TPSA) is 33.0 Å². The monoisotopic (exact) mass is 185 g/mol. The molecule has 13 heavy (non-hydrogen) atoms. The third-order valence-electron chi connectivity index (χ3n) is 1.07. The average Bonchev–Trinajstić information content (AvgIpc) is 2.15. The number of rotatable bonds is 1. The first-order valence-electron chi connectivity index (χ1n) is 3.75. The molecule has 1 rings (SSSR count). The number of ether oxygens (including phenoxy) is 1. The molecule has 0 N–H and O–H groups in total. The number of halogens is 2. The Hall–Kier alpha value is -1.63. The molecule has 0 aliphatic heterocycles. The van der Waals surface area contributed by atoms with Gasteiger partial charge in [0.15, 0.2) is 11.6 Å². The van der Waals surface area contributed by atoms with Gasteiger partial charge in [-0.1, -0.05) is 19.9 Å². The highest BCUT2D eigenvalue weighted by atomic mass is 19.1. The van der Waals surface area contributed by atoms with E-state index in [9.17, 15) is 8.78 Å². The Balaban J connectivity index is 0.000000671. The Morgan fingerprint density at radius 1 is 1.23 bits per heavy atom. The number of nitrogens with zero attached hydrogens (tertiary/aromatic N) is 1. The van der Waals surface area contributed by atoms with Crippen molar-refractivity contribution in [1.29, 1.82) is 5.26 Å². The lowest BCUT2D eigenvalue weighted by atomic mass is 10.3. The molecule has 1 aromatic rings. The maximum Gasteiger partial charge on any atom is 0.292 e. The summed E-state index contributed by atoms with van der Waals surface area (Å²) in [5, 5.41) is 7.96. The fraction of sp³-hybridized carbons (Fsp3) is 0.222. The van der Waals surface area contributed by atoms with E-state index in [4.69, 9.17) is 5.26 Å². The first kappa shape index (κ1) is 11.4. The van der Waals surface area contributed by atoms with Gasteiger partial charge in [0.2, 0.25) is 5.75 Å². The highest BCUT2D eigenvalue weighted by molar-refractivity contribution is 5.26. The van der Waals surface area contributed by atoms with E-state index in [0.29, 0.717) is 0 Å². The van der Waals surface area contributed by atoms with Crippen LogP contribution in [0.2, 0.25) is 0 Å². The molecule has 0 aliphatic carbocycles. The molecule has 0 amide bonds. The molecule has 0 bridgehead atoms. The van der Waals surface area contributed by atoms with Crippen molar-refractivity contribution in [2.45, 2.75) is 13.8 Å². The van der Waals surface area contributed by atoms with Gasteiger partial charge in [0, 0.05) is 0 Å². The van der Waals surface area contributed by atoms with Crippen molar-refractivity contribution in [2.24, 2.45) is 0 Å². The molecule has 0 saturated carbocycles. The van der Waals surface area contributed by atoms with E-state index in [-0.39, 0.29) is 0 Å². The van der Waals surface area contributed by atoms with Crippen LogP contribution in [0.4, 0.5) is 8.78 Å². The molecule has 0 heterocycles. The molecule has 2 nitrogen and oxygen atoms in total. The van der Waals surface area contributed by atoms with Crippen molar-refractivity contribution in [3.8, 4) is 12.0 Å². The lowest BCUT2D eigenvalue weighted by molar-refractivity contribution is 0.422. The molecule has 0 unspecified atom stereocenters. The van der Waals surface area contributed by atoms with E-state index in [0.717, 1.165) is 12.1 Å². The van der Waals surface area contributed by atoms with Gasteiger partial charge in [-0.25, -0.2) is 8.78 Å². The molecule has 0 fully saturated rings. The van der Waals surface area contributed by atoms with E-state index < -0.39 is 17.4 Å². The lowest BCUT2D eigenvalue weighted by Gasteiger charge is -1.97. The molecule has 4 heteroatoms. The lowest BCUT2D eigenvalue weighted by Crippen LogP contribution is -1.90. The molecule has 0 aromatic heterocycles. The highest BCUT2D eigenvalue weighted by Gasteiger charge is 2.08. The summed E-state index contributed by atoms with van der Waals surface area (Å²) in [7, 11) is 0. The number of benzene rings is 1. The number of hydrogen-bond donors (Lipinski definition) is 0. The second-order valence-corrected chi connectivity index (χ2v) is 1.74. The van der Waals surface area contributed by atoms with Gasteiger partial charge in [-0.2, -0.15) is 0 Å². The third-order valence-corrected chi connectivity index (χ3v) is 1.07. The van der Waals surface area contributed by atoms with Crippen molar-refractivity contribution >= 4 is 0 Å². The van der Waals surface area contributed by atoms with E-state index in [1.54, 1.807) is 0 Å². The molecule has 1 aromatic carbocycles. The summed E-state index contributed by atoms with van der Waals surface area (Å²) >= 11 is 0. The van der Waals surface area contributed by atoms with Crippen LogP contribution in [0.15, 0.2) is 18.2 Å². The SMILES string of the molecule is CC.N#COc1c(F)cccc1F. The number of nitriles is 1. The average molecular weight is 185 g/mol. The Kier molecular flexibility index (Phi) is 5.20. The number of hydrogen-bond acceptors (Lipinski definition) is 2. The maximum atomic E-state index is 12.5. The van der Waals surface area contributed by atoms with Crippen LogP contribution in [0.1, 0.15) is 13.8 Å². The molecule has 70 valence electrons. The molecule has 0 atom stereocenters. The van der Waals surface area contributed by atoms with Crippen LogP contribution in [0, 0.1) is 23.2 Å². The van der Waals surface area contributed by atoms with Crippen molar-refractivity contribution in [3.63, 3.8) is 0 Å². The fourth-order valence-corrected chi connectivity index (χ4v) is 0.626. The predicted molar refractivity (Wildman–Crippen MR) is 43.9 cm³/mol. The zero-order valence-electron chi connectivity index (χ0n) is 7.34. The standard InChI is InChI=1S/C7H3F2NO.C2H6/c8-5-2-1-3-6(9)7(5)11-4-10;1-2/h1-3H;1-2H3. The van der Waals surface area contributed by atoms with Crippen LogP contribution in [0.25, 0.3) is 0 Å². The minimum atomic E-state index is -0.883. The predicted octanol–water partition coefficient (Wildman–Crippen LogP) is 2.85. The van der Waals surface area contributed by atoms with Crippen molar-refractivity contribution in [2.75, 3.05) is 0 Å². The zero-order valence-corrected chi connectivity index (χ0v) is 7.34. The van der Waals surface area contributed by atoms with Gasteiger partial charge in [0.1, 0.15) is 0 Å². The van der Waals surface area contributed by atoms with Gasteiger partial charge in [-0.15, -0.1) is 5.26 Å². The van der Waals surface area contributed by atoms with Gasteiger partial charge < -0.3 is 4.74 Å². The van der Waals surface area contributed by atoms with E-state index in [1.807, 2.05) is 13.8 Å². The van der Waals surface area contributed by atoms with Crippen molar-refractivity contribution in [1.82, 2.24) is 0 Å². The van der Waals surface area contributed by atoms with Crippen LogP contribution in [-0.2, 0) is 0 Å². The summed E-state index contributed by atoms with van der Waals surface area (Å²) < 4.78 is 29.1. The molecule has 0 aliphatic rings. The molecular formula is C9H9F2NO. The first-order chi connectivity index (χ1) is 6.25. The van der Waals surface area contributed by atoms with Crippen LogP contribution < -0.4 is 4.74 Å². The quantitative estimate of drug-likeness (QED) is 0.630. The molecule has 0 spiro atoms. The largest absolute Gasteiger partial charge is 0.382 e. The third kappa shape index (κ3) is 3.08.